The van der Waals surface area contributed by atoms with E-state index in [1.165, 1.54) is 12.0 Å². The van der Waals surface area contributed by atoms with Gasteiger partial charge in [-0.05, 0) is 73.5 Å². The van der Waals surface area contributed by atoms with Crippen molar-refractivity contribution in [3.63, 3.8) is 0 Å². The van der Waals surface area contributed by atoms with E-state index in [2.05, 4.69) is 26.0 Å². The van der Waals surface area contributed by atoms with E-state index in [0.717, 1.165) is 38.5 Å². The quantitative estimate of drug-likeness (QED) is 0.728. The van der Waals surface area contributed by atoms with E-state index in [4.69, 9.17) is 0 Å². The smallest absolute Gasteiger partial charge is 0.0804 e. The van der Waals surface area contributed by atoms with Crippen molar-refractivity contribution in [2.24, 2.45) is 28.6 Å². The fourth-order valence-corrected chi connectivity index (χ4v) is 6.78. The molecule has 4 aliphatic rings. The van der Waals surface area contributed by atoms with Gasteiger partial charge in [0.1, 0.15) is 0 Å². The molecule has 3 fully saturated rings. The van der Waals surface area contributed by atoms with Gasteiger partial charge in [0, 0.05) is 0 Å². The van der Waals surface area contributed by atoms with E-state index in [9.17, 15) is 15.3 Å². The predicted molar refractivity (Wildman–Crippen MR) is 94.3 cm³/mol. The summed E-state index contributed by atoms with van der Waals surface area (Å²) < 4.78 is 0. The minimum atomic E-state index is -0.577. The fourth-order valence-electron chi connectivity index (χ4n) is 6.78. The Kier molecular flexibility index (Phi) is 3.98. The number of hydrogen-bond acceptors (Lipinski definition) is 3. The second-order valence-electron chi connectivity index (χ2n) is 9.26. The van der Waals surface area contributed by atoms with Crippen molar-refractivity contribution in [1.82, 2.24) is 0 Å². The van der Waals surface area contributed by atoms with E-state index in [0.29, 0.717) is 11.8 Å². The van der Waals surface area contributed by atoms with Crippen LogP contribution in [-0.2, 0) is 0 Å². The van der Waals surface area contributed by atoms with Crippen LogP contribution in [0.4, 0.5) is 0 Å². The first kappa shape index (κ1) is 16.8. The highest BCUT2D eigenvalue weighted by molar-refractivity contribution is 5.38. The molecule has 0 unspecified atom stereocenters. The van der Waals surface area contributed by atoms with E-state index >= 15 is 0 Å². The van der Waals surface area contributed by atoms with Gasteiger partial charge in [-0.25, -0.2) is 0 Å². The first-order valence-corrected chi connectivity index (χ1v) is 9.78. The topological polar surface area (TPSA) is 60.7 Å². The molecular weight excluding hydrogens is 300 g/mol. The minimum Gasteiger partial charge on any atom is -0.394 e. The van der Waals surface area contributed by atoms with Crippen molar-refractivity contribution in [2.45, 2.75) is 71.0 Å². The van der Waals surface area contributed by atoms with Gasteiger partial charge >= 0.3 is 0 Å². The molecule has 3 saturated carbocycles. The first-order chi connectivity index (χ1) is 11.4. The van der Waals surface area contributed by atoms with Crippen LogP contribution in [0.2, 0.25) is 0 Å². The van der Waals surface area contributed by atoms with Gasteiger partial charge in [-0.2, -0.15) is 0 Å². The van der Waals surface area contributed by atoms with Crippen LogP contribution >= 0.6 is 0 Å². The molecule has 0 saturated heterocycles. The third-order valence-electron chi connectivity index (χ3n) is 8.27. The molecule has 3 nitrogen and oxygen atoms in total. The standard InChI is InChI=1S/C21H32O3/c1-20-9-7-14(23)11-13(20)3-4-15-16-5-6-18(19(24)12-22)21(16,2)10-8-17(15)20/h3-4,14,16-19,22-24H,5-12H2,1-2H3/t14-,16-,17+,18+,19+,20+,21-/m0/s1. The molecule has 4 rings (SSSR count). The Morgan fingerprint density at radius 2 is 1.88 bits per heavy atom. The minimum absolute atomic E-state index is 0.116. The van der Waals surface area contributed by atoms with Crippen molar-refractivity contribution in [2.75, 3.05) is 6.61 Å². The maximum absolute atomic E-state index is 10.3. The molecule has 3 N–H and O–H groups in total. The van der Waals surface area contributed by atoms with E-state index in [-0.39, 0.29) is 29.5 Å². The van der Waals surface area contributed by atoms with Crippen molar-refractivity contribution >= 4 is 0 Å². The van der Waals surface area contributed by atoms with Crippen LogP contribution in [0.5, 0.6) is 0 Å². The summed E-state index contributed by atoms with van der Waals surface area (Å²) in [5, 5.41) is 29.8. The van der Waals surface area contributed by atoms with Crippen LogP contribution in [0.25, 0.3) is 0 Å². The van der Waals surface area contributed by atoms with Gasteiger partial charge in [0.2, 0.25) is 0 Å². The lowest BCUT2D eigenvalue weighted by molar-refractivity contribution is -0.0253. The van der Waals surface area contributed by atoms with Gasteiger partial charge in [0.25, 0.3) is 0 Å². The van der Waals surface area contributed by atoms with Gasteiger partial charge in [-0.3, -0.25) is 0 Å². The number of allylic oxidation sites excluding steroid dienone is 3. The zero-order valence-corrected chi connectivity index (χ0v) is 15.0. The van der Waals surface area contributed by atoms with Gasteiger partial charge in [-0.1, -0.05) is 37.1 Å². The summed E-state index contributed by atoms with van der Waals surface area (Å²) in [5.41, 5.74) is 3.39. The molecule has 0 aromatic heterocycles. The zero-order valence-electron chi connectivity index (χ0n) is 15.0. The molecule has 24 heavy (non-hydrogen) atoms. The molecule has 0 amide bonds. The fraction of sp³-hybridized carbons (Fsp3) is 0.810. The zero-order chi connectivity index (χ0) is 17.1. The lowest BCUT2D eigenvalue weighted by Gasteiger charge is -2.55. The molecule has 0 aliphatic heterocycles. The highest BCUT2D eigenvalue weighted by Gasteiger charge is 2.57. The highest BCUT2D eigenvalue weighted by Crippen LogP contribution is 2.65. The maximum Gasteiger partial charge on any atom is 0.0804 e. The highest BCUT2D eigenvalue weighted by atomic mass is 16.3. The van der Waals surface area contributed by atoms with Crippen LogP contribution < -0.4 is 0 Å². The molecule has 0 bridgehead atoms. The van der Waals surface area contributed by atoms with Crippen LogP contribution in [0.15, 0.2) is 23.3 Å². The van der Waals surface area contributed by atoms with E-state index in [1.807, 2.05) is 0 Å². The summed E-state index contributed by atoms with van der Waals surface area (Å²) in [5.74, 6) is 1.37. The monoisotopic (exact) mass is 332 g/mol. The largest absolute Gasteiger partial charge is 0.394 e. The number of hydrogen-bond donors (Lipinski definition) is 3. The Morgan fingerprint density at radius 1 is 1.08 bits per heavy atom. The summed E-state index contributed by atoms with van der Waals surface area (Å²) in [6, 6.07) is 0. The first-order valence-electron chi connectivity index (χ1n) is 9.78. The molecule has 0 aromatic rings. The molecule has 134 valence electrons. The normalized spacial score (nSPS) is 48.7. The third kappa shape index (κ3) is 2.21. The Labute approximate surface area is 145 Å². The number of rotatable bonds is 2. The Morgan fingerprint density at radius 3 is 2.62 bits per heavy atom. The molecule has 0 heterocycles. The number of fused-ring (bicyclic) bond motifs is 5. The van der Waals surface area contributed by atoms with Gasteiger partial charge in [0.15, 0.2) is 0 Å². The van der Waals surface area contributed by atoms with Crippen LogP contribution in [-0.4, -0.2) is 34.1 Å². The third-order valence-corrected chi connectivity index (χ3v) is 8.27. The molecule has 3 heteroatoms. The summed E-state index contributed by atoms with van der Waals surface area (Å²) in [4.78, 5) is 0. The Balaban J connectivity index is 1.68. The van der Waals surface area contributed by atoms with Crippen LogP contribution in [0.3, 0.4) is 0 Å². The Bertz CT molecular complexity index is 580. The maximum atomic E-state index is 10.3. The molecule has 0 aromatic carbocycles. The van der Waals surface area contributed by atoms with Gasteiger partial charge in [-0.15, -0.1) is 0 Å². The van der Waals surface area contributed by atoms with Crippen LogP contribution in [0.1, 0.15) is 58.8 Å². The van der Waals surface area contributed by atoms with Gasteiger partial charge in [0.05, 0.1) is 18.8 Å². The number of aliphatic hydroxyl groups is 3. The lowest BCUT2D eigenvalue weighted by atomic mass is 9.50. The molecule has 0 spiro atoms. The lowest BCUT2D eigenvalue weighted by Crippen LogP contribution is -2.47. The van der Waals surface area contributed by atoms with Crippen molar-refractivity contribution in [3.8, 4) is 0 Å². The van der Waals surface area contributed by atoms with Crippen molar-refractivity contribution < 1.29 is 15.3 Å². The van der Waals surface area contributed by atoms with E-state index < -0.39 is 6.10 Å². The van der Waals surface area contributed by atoms with Crippen molar-refractivity contribution in [3.05, 3.63) is 23.3 Å². The summed E-state index contributed by atoms with van der Waals surface area (Å²) in [6.45, 7) is 4.65. The van der Waals surface area contributed by atoms with Crippen molar-refractivity contribution in [1.29, 1.82) is 0 Å². The molecule has 0 radical (unpaired) electrons. The molecule has 7 atom stereocenters. The second-order valence-corrected chi connectivity index (χ2v) is 9.26. The predicted octanol–water partition coefficient (Wildman–Crippen LogP) is 3.20. The molecular formula is C21H32O3. The average Bonchev–Trinajstić information content (AvgIpc) is 2.92. The van der Waals surface area contributed by atoms with E-state index in [1.54, 1.807) is 5.57 Å². The van der Waals surface area contributed by atoms with Gasteiger partial charge < -0.3 is 15.3 Å². The average molecular weight is 332 g/mol. The summed E-state index contributed by atoms with van der Waals surface area (Å²) >= 11 is 0. The molecule has 4 aliphatic carbocycles. The second kappa shape index (κ2) is 5.69. The Hall–Kier alpha value is -0.640. The SMILES string of the molecule is C[C@]12CC[C@@H]3C(=CC=C4C[C@@H](O)CC[C@]43C)[C@@H]1CC[C@@H]2[C@H](O)CO. The number of aliphatic hydroxyl groups excluding tert-OH is 3. The summed E-state index contributed by atoms with van der Waals surface area (Å²) in [6.07, 6.45) is 11.3. The van der Waals surface area contributed by atoms with Crippen LogP contribution in [0, 0.1) is 28.6 Å². The summed E-state index contributed by atoms with van der Waals surface area (Å²) in [7, 11) is 0.